The summed E-state index contributed by atoms with van der Waals surface area (Å²) in [6.07, 6.45) is 0. The maximum atomic E-state index is 13.5. The van der Waals surface area contributed by atoms with Crippen molar-refractivity contribution in [3.8, 4) is 0 Å². The summed E-state index contributed by atoms with van der Waals surface area (Å²) in [6.45, 7) is 3.99. The van der Waals surface area contributed by atoms with Crippen LogP contribution in [0.5, 0.6) is 0 Å². The zero-order chi connectivity index (χ0) is 14.0. The molecule has 2 aromatic rings. The van der Waals surface area contributed by atoms with E-state index in [2.05, 4.69) is 18.3 Å². The lowest BCUT2D eigenvalue weighted by Crippen LogP contribution is -2.22. The minimum Gasteiger partial charge on any atom is -0.303 e. The van der Waals surface area contributed by atoms with E-state index in [-0.39, 0.29) is 17.1 Å². The number of hydrogen-bond donors (Lipinski definition) is 1. The van der Waals surface area contributed by atoms with Crippen molar-refractivity contribution >= 4 is 34.5 Å². The van der Waals surface area contributed by atoms with Gasteiger partial charge in [-0.2, -0.15) is 0 Å². The summed E-state index contributed by atoms with van der Waals surface area (Å²) in [4.78, 5) is 1.22. The van der Waals surface area contributed by atoms with Gasteiger partial charge in [-0.15, -0.1) is 11.3 Å². The Bertz CT molecular complexity index is 557. The van der Waals surface area contributed by atoms with E-state index in [0.29, 0.717) is 10.6 Å². The third-order valence-corrected chi connectivity index (χ3v) is 4.75. The van der Waals surface area contributed by atoms with Crippen LogP contribution in [0.2, 0.25) is 10.0 Å². The van der Waals surface area contributed by atoms with Crippen molar-refractivity contribution in [1.82, 2.24) is 5.32 Å². The zero-order valence-electron chi connectivity index (χ0n) is 10.6. The van der Waals surface area contributed by atoms with Gasteiger partial charge in [0.2, 0.25) is 0 Å². The van der Waals surface area contributed by atoms with Gasteiger partial charge in [0.05, 0.1) is 5.02 Å². The van der Waals surface area contributed by atoms with Gasteiger partial charge in [-0.1, -0.05) is 29.3 Å². The first-order valence-corrected chi connectivity index (χ1v) is 7.57. The Kier molecular flexibility index (Phi) is 4.85. The van der Waals surface area contributed by atoms with Crippen LogP contribution in [0.25, 0.3) is 0 Å². The molecule has 1 aromatic heterocycles. The molecule has 0 saturated heterocycles. The third kappa shape index (κ3) is 3.29. The zero-order valence-corrected chi connectivity index (χ0v) is 12.9. The normalized spacial score (nSPS) is 14.4. The van der Waals surface area contributed by atoms with Crippen molar-refractivity contribution in [2.45, 2.75) is 25.9 Å². The molecule has 1 heterocycles. The Morgan fingerprint density at radius 1 is 1.16 bits per heavy atom. The second-order valence-corrected chi connectivity index (χ2v) is 6.15. The number of nitrogens with one attached hydrogen (secondary N) is 1. The largest absolute Gasteiger partial charge is 0.303 e. The van der Waals surface area contributed by atoms with Gasteiger partial charge >= 0.3 is 0 Å². The predicted molar refractivity (Wildman–Crippen MR) is 80.7 cm³/mol. The molecule has 0 bridgehead atoms. The Balaban J connectivity index is 2.21. The van der Waals surface area contributed by atoms with Crippen molar-refractivity contribution in [2.24, 2.45) is 0 Å². The maximum Gasteiger partial charge on any atom is 0.142 e. The molecular weight excluding hydrogens is 304 g/mol. The summed E-state index contributed by atoms with van der Waals surface area (Å²) >= 11 is 13.8. The molecular formula is C14H14Cl2FNS. The first kappa shape index (κ1) is 14.8. The van der Waals surface area contributed by atoms with Crippen LogP contribution < -0.4 is 5.32 Å². The van der Waals surface area contributed by atoms with E-state index in [1.165, 1.54) is 17.0 Å². The van der Waals surface area contributed by atoms with E-state index in [9.17, 15) is 4.39 Å². The summed E-state index contributed by atoms with van der Waals surface area (Å²) < 4.78 is 13.5. The number of thiophene rings is 1. The summed E-state index contributed by atoms with van der Waals surface area (Å²) in [5.74, 6) is -0.446. The van der Waals surface area contributed by atoms with Crippen LogP contribution in [0.1, 0.15) is 36.4 Å². The Morgan fingerprint density at radius 2 is 1.89 bits per heavy atom. The number of hydrogen-bond acceptors (Lipinski definition) is 2. The fourth-order valence-electron chi connectivity index (χ4n) is 2.02. The van der Waals surface area contributed by atoms with Gasteiger partial charge in [0.15, 0.2) is 0 Å². The minimum absolute atomic E-state index is 0.0888. The second-order valence-electron chi connectivity index (χ2n) is 4.38. The van der Waals surface area contributed by atoms with Gasteiger partial charge in [0, 0.05) is 27.5 Å². The lowest BCUT2D eigenvalue weighted by atomic mass is 10.1. The number of halogens is 3. The molecule has 2 rings (SSSR count). The van der Waals surface area contributed by atoms with Gasteiger partial charge < -0.3 is 5.32 Å². The Hall–Kier alpha value is -0.610. The van der Waals surface area contributed by atoms with Crippen LogP contribution in [0, 0.1) is 5.82 Å². The highest BCUT2D eigenvalue weighted by molar-refractivity contribution is 7.10. The van der Waals surface area contributed by atoms with E-state index in [4.69, 9.17) is 23.2 Å². The highest BCUT2D eigenvalue weighted by atomic mass is 35.5. The fraction of sp³-hybridized carbons (Fsp3) is 0.286. The molecule has 0 spiro atoms. The van der Waals surface area contributed by atoms with Crippen molar-refractivity contribution < 1.29 is 4.39 Å². The average Bonchev–Trinajstić information content (AvgIpc) is 2.88. The lowest BCUT2D eigenvalue weighted by Gasteiger charge is -2.21. The summed E-state index contributed by atoms with van der Waals surface area (Å²) in [6, 6.07) is 6.91. The molecule has 102 valence electrons. The van der Waals surface area contributed by atoms with Crippen molar-refractivity contribution in [3.05, 3.63) is 55.9 Å². The van der Waals surface area contributed by atoms with Gasteiger partial charge in [0.1, 0.15) is 5.82 Å². The molecule has 1 aromatic carbocycles. The van der Waals surface area contributed by atoms with Crippen molar-refractivity contribution in [2.75, 3.05) is 0 Å². The molecule has 19 heavy (non-hydrogen) atoms. The molecule has 1 nitrogen and oxygen atoms in total. The van der Waals surface area contributed by atoms with Crippen molar-refractivity contribution in [3.63, 3.8) is 0 Å². The molecule has 1 N–H and O–H groups in total. The lowest BCUT2D eigenvalue weighted by molar-refractivity contribution is 0.497. The standard InChI is InChI=1S/C14H14Cl2FNS/c1-8(12-4-3-7-19-12)18-9(2)13-10(15)5-6-11(17)14(13)16/h3-9,18H,1-2H3/t8-,9?/m1/s1. The highest BCUT2D eigenvalue weighted by Crippen LogP contribution is 2.33. The second kappa shape index (κ2) is 6.23. The van der Waals surface area contributed by atoms with Gasteiger partial charge in [0.25, 0.3) is 0 Å². The van der Waals surface area contributed by atoms with Crippen LogP contribution >= 0.6 is 34.5 Å². The van der Waals surface area contributed by atoms with E-state index < -0.39 is 5.82 Å². The first-order valence-electron chi connectivity index (χ1n) is 5.93. The quantitative estimate of drug-likeness (QED) is 0.723. The smallest absolute Gasteiger partial charge is 0.142 e. The number of rotatable bonds is 4. The van der Waals surface area contributed by atoms with E-state index in [1.807, 2.05) is 18.4 Å². The summed E-state index contributed by atoms with van der Waals surface area (Å²) in [7, 11) is 0. The molecule has 0 saturated carbocycles. The molecule has 0 aliphatic rings. The third-order valence-electron chi connectivity index (χ3n) is 2.98. The van der Waals surface area contributed by atoms with Gasteiger partial charge in [-0.25, -0.2) is 4.39 Å². The predicted octanol–water partition coefficient (Wildman–Crippen LogP) is 5.61. The van der Waals surface area contributed by atoms with Crippen LogP contribution in [-0.4, -0.2) is 0 Å². The van der Waals surface area contributed by atoms with Crippen molar-refractivity contribution in [1.29, 1.82) is 0 Å². The maximum absolute atomic E-state index is 13.5. The summed E-state index contributed by atoms with van der Waals surface area (Å²) in [5.41, 5.74) is 0.603. The monoisotopic (exact) mass is 317 g/mol. The van der Waals surface area contributed by atoms with E-state index in [1.54, 1.807) is 11.3 Å². The van der Waals surface area contributed by atoms with Crippen LogP contribution in [0.15, 0.2) is 29.6 Å². The fourth-order valence-corrected chi connectivity index (χ4v) is 3.46. The SMILES string of the molecule is CC(N[C@H](C)c1cccs1)c1c(Cl)ccc(F)c1Cl. The molecule has 2 atom stereocenters. The molecule has 0 radical (unpaired) electrons. The Morgan fingerprint density at radius 3 is 2.53 bits per heavy atom. The molecule has 0 aliphatic carbocycles. The average molecular weight is 318 g/mol. The first-order chi connectivity index (χ1) is 9.00. The molecule has 0 aliphatic heterocycles. The molecule has 1 unspecified atom stereocenters. The minimum atomic E-state index is -0.446. The molecule has 5 heteroatoms. The summed E-state index contributed by atoms with van der Waals surface area (Å²) in [5, 5.41) is 5.98. The van der Waals surface area contributed by atoms with Crippen LogP contribution in [0.3, 0.4) is 0 Å². The highest BCUT2D eigenvalue weighted by Gasteiger charge is 2.19. The van der Waals surface area contributed by atoms with Crippen LogP contribution in [-0.2, 0) is 0 Å². The molecule has 0 fully saturated rings. The number of benzene rings is 1. The van der Waals surface area contributed by atoms with Gasteiger partial charge in [-0.05, 0) is 37.4 Å². The Labute approximate surface area is 126 Å². The topological polar surface area (TPSA) is 12.0 Å². The van der Waals surface area contributed by atoms with Crippen LogP contribution in [0.4, 0.5) is 4.39 Å². The van der Waals surface area contributed by atoms with E-state index >= 15 is 0 Å². The van der Waals surface area contributed by atoms with Gasteiger partial charge in [-0.3, -0.25) is 0 Å². The van der Waals surface area contributed by atoms with E-state index in [0.717, 1.165) is 0 Å². The molecule has 0 amide bonds.